The Labute approximate surface area is 182 Å². The summed E-state index contributed by atoms with van der Waals surface area (Å²) in [6.45, 7) is 0. The van der Waals surface area contributed by atoms with Crippen LogP contribution in [0, 0.1) is 0 Å². The van der Waals surface area contributed by atoms with Crippen molar-refractivity contribution in [2.75, 3.05) is 7.11 Å². The first-order chi connectivity index (χ1) is 14.5. The molecule has 0 atom stereocenters. The maximum atomic E-state index is 12.4. The molecule has 9 heteroatoms. The molecule has 152 valence electrons. The number of halogens is 2. The Bertz CT molecular complexity index is 1100. The molecule has 0 fully saturated rings. The molecular formula is C21H15Cl2N3O4. The number of hydrogen-bond acceptors (Lipinski definition) is 6. The lowest BCUT2D eigenvalue weighted by atomic mass is 10.2. The van der Waals surface area contributed by atoms with E-state index in [-0.39, 0.29) is 22.2 Å². The van der Waals surface area contributed by atoms with E-state index >= 15 is 0 Å². The Kier molecular flexibility index (Phi) is 7.00. The number of carbonyl (C=O) groups excluding carboxylic acids is 2. The second-order valence-electron chi connectivity index (χ2n) is 5.86. The van der Waals surface area contributed by atoms with Crippen molar-refractivity contribution in [1.82, 2.24) is 10.4 Å². The maximum absolute atomic E-state index is 12.4. The normalized spacial score (nSPS) is 10.6. The van der Waals surface area contributed by atoms with Crippen LogP contribution in [0.5, 0.6) is 11.5 Å². The molecule has 0 saturated carbocycles. The smallest absolute Gasteiger partial charge is 0.343 e. The molecule has 1 amide bonds. The fraction of sp³-hybridized carbons (Fsp3) is 0.0476. The van der Waals surface area contributed by atoms with Crippen molar-refractivity contribution in [3.63, 3.8) is 0 Å². The van der Waals surface area contributed by atoms with Crippen LogP contribution in [0.2, 0.25) is 10.0 Å². The Hall–Kier alpha value is -3.42. The molecule has 0 aliphatic heterocycles. The number of nitrogens with zero attached hydrogens (tertiary/aromatic N) is 2. The van der Waals surface area contributed by atoms with Gasteiger partial charge in [0.05, 0.1) is 28.9 Å². The number of benzene rings is 2. The van der Waals surface area contributed by atoms with Gasteiger partial charge in [0.25, 0.3) is 5.91 Å². The minimum atomic E-state index is -0.613. The van der Waals surface area contributed by atoms with Gasteiger partial charge < -0.3 is 9.47 Å². The molecule has 3 rings (SSSR count). The van der Waals surface area contributed by atoms with Gasteiger partial charge in [-0.1, -0.05) is 23.2 Å². The van der Waals surface area contributed by atoms with Gasteiger partial charge in [-0.25, -0.2) is 10.2 Å². The Morgan fingerprint density at radius 3 is 2.43 bits per heavy atom. The van der Waals surface area contributed by atoms with E-state index in [1.807, 2.05) is 0 Å². The average Bonchev–Trinajstić information content (AvgIpc) is 2.77. The quantitative estimate of drug-likeness (QED) is 0.264. The third-order valence-electron chi connectivity index (χ3n) is 3.87. The number of esters is 1. The van der Waals surface area contributed by atoms with Gasteiger partial charge in [-0.2, -0.15) is 5.10 Å². The fourth-order valence-corrected chi connectivity index (χ4v) is 2.66. The van der Waals surface area contributed by atoms with Gasteiger partial charge in [0.15, 0.2) is 11.5 Å². The number of methoxy groups -OCH3 is 1. The second kappa shape index (κ2) is 9.87. The SMILES string of the molecule is COc1cc(C=NNC(=O)c2ccncc2)ccc1OC(=O)c1ccc(Cl)c(Cl)c1. The van der Waals surface area contributed by atoms with Gasteiger partial charge in [0.2, 0.25) is 0 Å². The lowest BCUT2D eigenvalue weighted by Crippen LogP contribution is -2.17. The van der Waals surface area contributed by atoms with Crippen LogP contribution < -0.4 is 14.9 Å². The van der Waals surface area contributed by atoms with Gasteiger partial charge in [-0.15, -0.1) is 0 Å². The summed E-state index contributed by atoms with van der Waals surface area (Å²) in [5.41, 5.74) is 3.72. The molecule has 1 aromatic heterocycles. The predicted molar refractivity (Wildman–Crippen MR) is 114 cm³/mol. The molecule has 0 saturated heterocycles. The lowest BCUT2D eigenvalue weighted by Gasteiger charge is -2.10. The molecule has 30 heavy (non-hydrogen) atoms. The predicted octanol–water partition coefficient (Wildman–Crippen LogP) is 4.38. The number of aromatic nitrogens is 1. The zero-order chi connectivity index (χ0) is 21.5. The third kappa shape index (κ3) is 5.34. The maximum Gasteiger partial charge on any atom is 0.343 e. The van der Waals surface area contributed by atoms with Crippen molar-refractivity contribution in [1.29, 1.82) is 0 Å². The van der Waals surface area contributed by atoms with Crippen molar-refractivity contribution in [2.45, 2.75) is 0 Å². The van der Waals surface area contributed by atoms with Gasteiger partial charge in [0, 0.05) is 18.0 Å². The van der Waals surface area contributed by atoms with Gasteiger partial charge in [-0.3, -0.25) is 9.78 Å². The van der Waals surface area contributed by atoms with Gasteiger partial charge in [0.1, 0.15) is 0 Å². The molecule has 0 aliphatic carbocycles. The van der Waals surface area contributed by atoms with Crippen LogP contribution in [0.4, 0.5) is 0 Å². The summed E-state index contributed by atoms with van der Waals surface area (Å²) < 4.78 is 10.7. The van der Waals surface area contributed by atoms with E-state index in [1.54, 1.807) is 30.3 Å². The summed E-state index contributed by atoms with van der Waals surface area (Å²) in [5, 5.41) is 4.50. The summed E-state index contributed by atoms with van der Waals surface area (Å²) in [4.78, 5) is 28.2. The van der Waals surface area contributed by atoms with Crippen LogP contribution in [-0.4, -0.2) is 30.2 Å². The van der Waals surface area contributed by atoms with E-state index < -0.39 is 5.97 Å². The van der Waals surface area contributed by atoms with Crippen molar-refractivity contribution in [3.8, 4) is 11.5 Å². The largest absolute Gasteiger partial charge is 0.493 e. The highest BCUT2D eigenvalue weighted by Gasteiger charge is 2.14. The van der Waals surface area contributed by atoms with E-state index in [4.69, 9.17) is 32.7 Å². The molecular weight excluding hydrogens is 429 g/mol. The molecule has 0 aliphatic rings. The Balaban J connectivity index is 1.69. The topological polar surface area (TPSA) is 89.9 Å². The van der Waals surface area contributed by atoms with Gasteiger partial charge in [-0.05, 0) is 54.1 Å². The van der Waals surface area contributed by atoms with Crippen molar-refractivity contribution >= 4 is 41.3 Å². The minimum Gasteiger partial charge on any atom is -0.493 e. The monoisotopic (exact) mass is 443 g/mol. The summed E-state index contributed by atoms with van der Waals surface area (Å²) >= 11 is 11.8. The van der Waals surface area contributed by atoms with Crippen LogP contribution in [0.25, 0.3) is 0 Å². The molecule has 0 unspecified atom stereocenters. The van der Waals surface area contributed by atoms with E-state index in [0.29, 0.717) is 21.9 Å². The van der Waals surface area contributed by atoms with Crippen molar-refractivity contribution in [3.05, 3.63) is 87.7 Å². The molecule has 7 nitrogen and oxygen atoms in total. The molecule has 1 N–H and O–H groups in total. The van der Waals surface area contributed by atoms with Crippen molar-refractivity contribution in [2.24, 2.45) is 5.10 Å². The standard InChI is InChI=1S/C21H15Cl2N3O4/c1-29-19-10-13(12-25-26-20(27)14-6-8-24-9-7-14)2-5-18(19)30-21(28)15-3-4-16(22)17(23)11-15/h2-12H,1H3,(H,26,27). The second-order valence-corrected chi connectivity index (χ2v) is 6.68. The highest BCUT2D eigenvalue weighted by atomic mass is 35.5. The zero-order valence-corrected chi connectivity index (χ0v) is 17.1. The zero-order valence-electron chi connectivity index (χ0n) is 15.6. The number of hydrazone groups is 1. The van der Waals surface area contributed by atoms with Crippen LogP contribution >= 0.6 is 23.2 Å². The first-order valence-electron chi connectivity index (χ1n) is 8.56. The average molecular weight is 444 g/mol. The minimum absolute atomic E-state index is 0.214. The highest BCUT2D eigenvalue weighted by molar-refractivity contribution is 6.42. The number of pyridine rings is 1. The van der Waals surface area contributed by atoms with E-state index in [1.165, 1.54) is 43.9 Å². The summed E-state index contributed by atoms with van der Waals surface area (Å²) in [5.74, 6) is -0.454. The molecule has 3 aromatic rings. The highest BCUT2D eigenvalue weighted by Crippen LogP contribution is 2.29. The number of nitrogens with one attached hydrogen (secondary N) is 1. The van der Waals surface area contributed by atoms with Crippen LogP contribution in [0.1, 0.15) is 26.3 Å². The molecule has 1 heterocycles. The lowest BCUT2D eigenvalue weighted by molar-refractivity contribution is 0.0729. The number of hydrogen-bond donors (Lipinski definition) is 1. The van der Waals surface area contributed by atoms with Crippen LogP contribution in [0.15, 0.2) is 66.0 Å². The third-order valence-corrected chi connectivity index (χ3v) is 4.61. The van der Waals surface area contributed by atoms with Crippen molar-refractivity contribution < 1.29 is 19.1 Å². The van der Waals surface area contributed by atoms with E-state index in [9.17, 15) is 9.59 Å². The number of ether oxygens (including phenoxy) is 2. The number of rotatable bonds is 6. The molecule has 0 spiro atoms. The number of carbonyl (C=O) groups is 2. The molecule has 2 aromatic carbocycles. The summed E-state index contributed by atoms with van der Waals surface area (Å²) in [6.07, 6.45) is 4.47. The summed E-state index contributed by atoms with van der Waals surface area (Å²) in [6, 6.07) is 12.4. The van der Waals surface area contributed by atoms with E-state index in [0.717, 1.165) is 0 Å². The fourth-order valence-electron chi connectivity index (χ4n) is 2.36. The first-order valence-corrected chi connectivity index (χ1v) is 9.32. The van der Waals surface area contributed by atoms with Crippen LogP contribution in [-0.2, 0) is 0 Å². The molecule has 0 radical (unpaired) electrons. The first kappa shape index (κ1) is 21.3. The Morgan fingerprint density at radius 1 is 0.967 bits per heavy atom. The van der Waals surface area contributed by atoms with Crippen LogP contribution in [0.3, 0.4) is 0 Å². The molecule has 0 bridgehead atoms. The number of amides is 1. The Morgan fingerprint density at radius 2 is 1.73 bits per heavy atom. The van der Waals surface area contributed by atoms with Gasteiger partial charge >= 0.3 is 5.97 Å². The van der Waals surface area contributed by atoms with E-state index in [2.05, 4.69) is 15.5 Å². The summed E-state index contributed by atoms with van der Waals surface area (Å²) in [7, 11) is 1.44.